The Morgan fingerprint density at radius 2 is 1.78 bits per heavy atom. The van der Waals surface area contributed by atoms with Crippen molar-refractivity contribution in [3.05, 3.63) is 64.8 Å². The first kappa shape index (κ1) is 23.0. The van der Waals surface area contributed by atoms with Crippen LogP contribution in [0.3, 0.4) is 0 Å². The number of fused-ring (bicyclic) bond motifs is 1. The molecule has 0 aliphatic heterocycles. The van der Waals surface area contributed by atoms with E-state index in [0.717, 1.165) is 23.7 Å². The van der Waals surface area contributed by atoms with Crippen molar-refractivity contribution in [2.75, 3.05) is 11.9 Å². The average molecular weight is 492 g/mol. The van der Waals surface area contributed by atoms with E-state index < -0.39 is 10.0 Å². The lowest BCUT2D eigenvalue weighted by molar-refractivity contribution is -0.121. The highest BCUT2D eigenvalue weighted by Crippen LogP contribution is 2.30. The van der Waals surface area contributed by atoms with Gasteiger partial charge in [-0.05, 0) is 61.9 Å². The number of benzene rings is 2. The van der Waals surface area contributed by atoms with Crippen LogP contribution in [0.4, 0.5) is 5.69 Å². The highest BCUT2D eigenvalue weighted by Gasteiger charge is 2.28. The molecule has 0 atom stereocenters. The number of nitrogens with one attached hydrogen (secondary N) is 2. The van der Waals surface area contributed by atoms with Crippen LogP contribution in [0.25, 0.3) is 10.9 Å². The van der Waals surface area contributed by atoms with Crippen LogP contribution < -0.4 is 10.0 Å². The second-order valence-electron chi connectivity index (χ2n) is 8.05. The minimum atomic E-state index is -3.72. The number of rotatable bonds is 6. The fraction of sp³-hybridized carbons (Fsp3) is 0.304. The molecule has 2 N–H and O–H groups in total. The summed E-state index contributed by atoms with van der Waals surface area (Å²) in [6.07, 6.45) is 4.63. The molecule has 6 nitrogen and oxygen atoms in total. The molecule has 1 aromatic heterocycles. The van der Waals surface area contributed by atoms with Crippen LogP contribution in [0.15, 0.2) is 59.6 Å². The largest absolute Gasteiger partial charge is 0.324 e. The Morgan fingerprint density at radius 1 is 1.03 bits per heavy atom. The summed E-state index contributed by atoms with van der Waals surface area (Å²) < 4.78 is 27.8. The van der Waals surface area contributed by atoms with Gasteiger partial charge in [0.25, 0.3) is 0 Å². The molecular formula is C23H23Cl2N3O3S. The van der Waals surface area contributed by atoms with Crippen molar-refractivity contribution >= 4 is 55.7 Å². The monoisotopic (exact) mass is 491 g/mol. The molecule has 1 saturated carbocycles. The maximum absolute atomic E-state index is 12.7. The Morgan fingerprint density at radius 3 is 2.53 bits per heavy atom. The van der Waals surface area contributed by atoms with Crippen molar-refractivity contribution in [3.8, 4) is 0 Å². The summed E-state index contributed by atoms with van der Waals surface area (Å²) in [4.78, 5) is 17.1. The van der Waals surface area contributed by atoms with Gasteiger partial charge in [-0.2, -0.15) is 0 Å². The number of halogens is 2. The fourth-order valence-electron chi connectivity index (χ4n) is 4.01. The Kier molecular flexibility index (Phi) is 7.00. The van der Waals surface area contributed by atoms with Gasteiger partial charge in [0.15, 0.2) is 0 Å². The molecule has 0 bridgehead atoms. The minimum absolute atomic E-state index is 0.0145. The van der Waals surface area contributed by atoms with E-state index in [0.29, 0.717) is 30.1 Å². The molecule has 1 aliphatic rings. The van der Waals surface area contributed by atoms with E-state index in [1.807, 2.05) is 30.3 Å². The van der Waals surface area contributed by atoms with E-state index in [-0.39, 0.29) is 27.7 Å². The molecule has 9 heteroatoms. The number of pyridine rings is 1. The van der Waals surface area contributed by atoms with Crippen molar-refractivity contribution < 1.29 is 13.2 Å². The van der Waals surface area contributed by atoms with Crippen LogP contribution >= 0.6 is 23.2 Å². The maximum atomic E-state index is 12.7. The van der Waals surface area contributed by atoms with E-state index >= 15 is 0 Å². The van der Waals surface area contributed by atoms with E-state index in [9.17, 15) is 13.2 Å². The molecule has 1 amide bonds. The lowest BCUT2D eigenvalue weighted by Gasteiger charge is -2.28. The van der Waals surface area contributed by atoms with E-state index in [4.69, 9.17) is 23.2 Å². The normalized spacial score (nSPS) is 19.1. The predicted molar refractivity (Wildman–Crippen MR) is 127 cm³/mol. The molecule has 0 spiro atoms. The smallest absolute Gasteiger partial charge is 0.242 e. The first-order chi connectivity index (χ1) is 15.3. The van der Waals surface area contributed by atoms with Crippen LogP contribution in [0.1, 0.15) is 25.7 Å². The molecule has 32 heavy (non-hydrogen) atoms. The quantitative estimate of drug-likeness (QED) is 0.491. The molecule has 0 radical (unpaired) electrons. The van der Waals surface area contributed by atoms with Gasteiger partial charge in [-0.25, -0.2) is 13.1 Å². The lowest BCUT2D eigenvalue weighted by atomic mass is 9.81. The number of nitrogens with zero attached hydrogens (tertiary/aromatic N) is 1. The van der Waals surface area contributed by atoms with Gasteiger partial charge in [0.1, 0.15) is 4.90 Å². The Balaban J connectivity index is 1.29. The Labute approximate surface area is 197 Å². The second-order valence-corrected chi connectivity index (χ2v) is 10.6. The van der Waals surface area contributed by atoms with Crippen molar-refractivity contribution in [3.63, 3.8) is 0 Å². The first-order valence-electron chi connectivity index (χ1n) is 10.4. The summed E-state index contributed by atoms with van der Waals surface area (Å²) in [5.41, 5.74) is 1.57. The molecule has 1 heterocycles. The third-order valence-electron chi connectivity index (χ3n) is 5.82. The first-order valence-corrected chi connectivity index (χ1v) is 12.7. The fourth-order valence-corrected chi connectivity index (χ4v) is 5.90. The van der Waals surface area contributed by atoms with Crippen molar-refractivity contribution in [1.29, 1.82) is 0 Å². The average Bonchev–Trinajstić information content (AvgIpc) is 2.78. The van der Waals surface area contributed by atoms with Crippen LogP contribution in [-0.4, -0.2) is 25.9 Å². The van der Waals surface area contributed by atoms with Gasteiger partial charge in [0.05, 0.1) is 22.4 Å². The van der Waals surface area contributed by atoms with Gasteiger partial charge in [0, 0.05) is 22.9 Å². The molecule has 2 aromatic carbocycles. The molecule has 3 aromatic rings. The zero-order chi connectivity index (χ0) is 22.7. The summed E-state index contributed by atoms with van der Waals surface area (Å²) in [5, 5.41) is 4.41. The van der Waals surface area contributed by atoms with E-state index in [1.165, 1.54) is 18.2 Å². The molecule has 1 aliphatic carbocycles. The number of para-hydroxylation sites is 1. The summed E-state index contributed by atoms with van der Waals surface area (Å²) in [6, 6.07) is 14.0. The third kappa shape index (κ3) is 5.41. The number of hydrogen-bond donors (Lipinski definition) is 2. The van der Waals surface area contributed by atoms with Gasteiger partial charge in [-0.15, -0.1) is 0 Å². The number of hydrogen-bond acceptors (Lipinski definition) is 4. The van der Waals surface area contributed by atoms with E-state index in [1.54, 1.807) is 6.20 Å². The Hall–Kier alpha value is -2.19. The number of aromatic nitrogens is 1. The zero-order valence-corrected chi connectivity index (χ0v) is 19.6. The number of carbonyl (C=O) groups excluding carboxylic acids is 1. The topological polar surface area (TPSA) is 88.2 Å². The number of carbonyl (C=O) groups is 1. The predicted octanol–water partition coefficient (Wildman–Crippen LogP) is 5.27. The summed E-state index contributed by atoms with van der Waals surface area (Å²) >= 11 is 11.9. The SMILES string of the molecule is O=C(Nc1cnc2ccccc2c1)C1CCC(CNS(=O)(=O)c2ccc(Cl)cc2Cl)CC1. The summed E-state index contributed by atoms with van der Waals surface area (Å²) in [5.74, 6) is 0.0522. The van der Waals surface area contributed by atoms with Crippen molar-refractivity contribution in [2.45, 2.75) is 30.6 Å². The second kappa shape index (κ2) is 9.75. The number of amides is 1. The van der Waals surface area contributed by atoms with Gasteiger partial charge < -0.3 is 5.32 Å². The highest BCUT2D eigenvalue weighted by molar-refractivity contribution is 7.89. The number of anilines is 1. The molecule has 4 rings (SSSR count). The van der Waals surface area contributed by atoms with Crippen molar-refractivity contribution in [2.24, 2.45) is 11.8 Å². The van der Waals surface area contributed by atoms with Crippen LogP contribution in [0, 0.1) is 11.8 Å². The molecular weight excluding hydrogens is 469 g/mol. The molecule has 1 fully saturated rings. The highest BCUT2D eigenvalue weighted by atomic mass is 35.5. The van der Waals surface area contributed by atoms with Gasteiger partial charge >= 0.3 is 0 Å². The van der Waals surface area contributed by atoms with E-state index in [2.05, 4.69) is 15.0 Å². The maximum Gasteiger partial charge on any atom is 0.242 e. The van der Waals surface area contributed by atoms with Gasteiger partial charge in [0.2, 0.25) is 15.9 Å². The lowest BCUT2D eigenvalue weighted by Crippen LogP contribution is -2.33. The minimum Gasteiger partial charge on any atom is -0.324 e. The van der Waals surface area contributed by atoms with Gasteiger partial charge in [-0.3, -0.25) is 9.78 Å². The molecule has 0 unspecified atom stereocenters. The van der Waals surface area contributed by atoms with Crippen LogP contribution in [0.5, 0.6) is 0 Å². The zero-order valence-electron chi connectivity index (χ0n) is 17.2. The van der Waals surface area contributed by atoms with Crippen molar-refractivity contribution in [1.82, 2.24) is 9.71 Å². The van der Waals surface area contributed by atoms with Gasteiger partial charge in [-0.1, -0.05) is 41.4 Å². The summed E-state index contributed by atoms with van der Waals surface area (Å²) in [7, 11) is -3.72. The Bertz CT molecular complexity index is 1240. The third-order valence-corrected chi connectivity index (χ3v) is 7.96. The summed E-state index contributed by atoms with van der Waals surface area (Å²) in [6.45, 7) is 0.310. The standard InChI is InChI=1S/C23H23Cl2N3O3S/c24-18-9-10-22(20(25)12-18)32(30,31)27-13-15-5-7-16(8-6-15)23(29)28-19-11-17-3-1-2-4-21(17)26-14-19/h1-4,9-12,14-16,27H,5-8,13H2,(H,28,29). The number of sulfonamides is 1. The molecule has 0 saturated heterocycles. The van der Waals surface area contributed by atoms with Crippen LogP contribution in [0.2, 0.25) is 10.0 Å². The van der Waals surface area contributed by atoms with Crippen LogP contribution in [-0.2, 0) is 14.8 Å². The molecule has 168 valence electrons.